The topological polar surface area (TPSA) is 49.9 Å². The molecular formula is C23H20F2N2O3S. The van der Waals surface area contributed by atoms with Crippen molar-refractivity contribution in [1.29, 1.82) is 0 Å². The fourth-order valence-electron chi connectivity index (χ4n) is 3.38. The highest BCUT2D eigenvalue weighted by Crippen LogP contribution is 2.19. The minimum Gasteiger partial charge on any atom is -0.488 e. The van der Waals surface area contributed by atoms with Crippen LogP contribution in [0.1, 0.15) is 25.6 Å². The van der Waals surface area contributed by atoms with Crippen LogP contribution in [0.5, 0.6) is 5.75 Å². The van der Waals surface area contributed by atoms with Crippen LogP contribution in [0, 0.1) is 11.6 Å². The first-order valence-electron chi connectivity index (χ1n) is 9.80. The lowest BCUT2D eigenvalue weighted by Crippen LogP contribution is -2.50. The van der Waals surface area contributed by atoms with E-state index in [1.807, 2.05) is 23.6 Å². The number of piperazine rings is 1. The number of carbonyl (C=O) groups is 2. The van der Waals surface area contributed by atoms with E-state index in [4.69, 9.17) is 4.74 Å². The fraction of sp³-hybridized carbons (Fsp3) is 0.217. The van der Waals surface area contributed by atoms with Gasteiger partial charge in [0.2, 0.25) is 0 Å². The molecule has 2 amide bonds. The van der Waals surface area contributed by atoms with Crippen molar-refractivity contribution in [3.63, 3.8) is 0 Å². The molecule has 0 spiro atoms. The Morgan fingerprint density at radius 1 is 0.839 bits per heavy atom. The highest BCUT2D eigenvalue weighted by atomic mass is 32.1. The molecule has 5 nitrogen and oxygen atoms in total. The quantitative estimate of drug-likeness (QED) is 0.595. The SMILES string of the molecule is O=C(c1cccc(OCc2cccs2)c1)N1CCN(C(=O)c2ccc(F)c(F)c2)CC1. The Morgan fingerprint density at radius 3 is 2.13 bits per heavy atom. The third-order valence-corrected chi connectivity index (χ3v) is 5.91. The normalized spacial score (nSPS) is 13.9. The molecule has 2 aromatic carbocycles. The molecule has 1 aromatic heterocycles. The number of halogens is 2. The second-order valence-electron chi connectivity index (χ2n) is 7.11. The smallest absolute Gasteiger partial charge is 0.254 e. The molecule has 1 aliphatic heterocycles. The summed E-state index contributed by atoms with van der Waals surface area (Å²) in [7, 11) is 0. The van der Waals surface area contributed by atoms with Crippen molar-refractivity contribution in [2.75, 3.05) is 26.2 Å². The molecule has 1 aliphatic rings. The molecule has 2 heterocycles. The van der Waals surface area contributed by atoms with E-state index in [-0.39, 0.29) is 17.4 Å². The van der Waals surface area contributed by atoms with Crippen molar-refractivity contribution in [3.05, 3.63) is 87.6 Å². The van der Waals surface area contributed by atoms with Crippen LogP contribution in [0.3, 0.4) is 0 Å². The summed E-state index contributed by atoms with van der Waals surface area (Å²) in [5.74, 6) is -1.95. The highest BCUT2D eigenvalue weighted by Gasteiger charge is 2.26. The number of benzene rings is 2. The first kappa shape index (κ1) is 21.0. The van der Waals surface area contributed by atoms with E-state index >= 15 is 0 Å². The standard InChI is InChI=1S/C23H20F2N2O3S/c24-20-7-6-17(14-21(20)25)23(29)27-10-8-26(9-11-27)22(28)16-3-1-4-18(13-16)30-15-19-5-2-12-31-19/h1-7,12-14H,8-11,15H2. The summed E-state index contributed by atoms with van der Waals surface area (Å²) in [5, 5.41) is 1.98. The molecule has 3 aromatic rings. The van der Waals surface area contributed by atoms with Gasteiger partial charge in [-0.1, -0.05) is 12.1 Å². The minimum atomic E-state index is -1.05. The predicted octanol–water partition coefficient (Wildman–Crippen LogP) is 4.20. The lowest BCUT2D eigenvalue weighted by Gasteiger charge is -2.35. The van der Waals surface area contributed by atoms with Crippen LogP contribution in [0.25, 0.3) is 0 Å². The van der Waals surface area contributed by atoms with Gasteiger partial charge in [0, 0.05) is 42.2 Å². The maximum atomic E-state index is 13.4. The molecule has 8 heteroatoms. The number of thiophene rings is 1. The summed E-state index contributed by atoms with van der Waals surface area (Å²) in [4.78, 5) is 29.7. The molecule has 0 radical (unpaired) electrons. The summed E-state index contributed by atoms with van der Waals surface area (Å²) < 4.78 is 32.3. The minimum absolute atomic E-state index is 0.0919. The third kappa shape index (κ3) is 4.91. The molecule has 4 rings (SSSR count). The lowest BCUT2D eigenvalue weighted by molar-refractivity contribution is 0.0535. The van der Waals surface area contributed by atoms with Gasteiger partial charge in [0.1, 0.15) is 12.4 Å². The molecule has 0 aliphatic carbocycles. The molecule has 1 saturated heterocycles. The van der Waals surface area contributed by atoms with Gasteiger partial charge in [0.05, 0.1) is 0 Å². The average Bonchev–Trinajstić information content (AvgIpc) is 3.33. The van der Waals surface area contributed by atoms with Crippen LogP contribution in [0.2, 0.25) is 0 Å². The Labute approximate surface area is 182 Å². The number of rotatable bonds is 5. The number of nitrogens with zero attached hydrogens (tertiary/aromatic N) is 2. The largest absolute Gasteiger partial charge is 0.488 e. The van der Waals surface area contributed by atoms with E-state index in [0.29, 0.717) is 44.1 Å². The van der Waals surface area contributed by atoms with E-state index < -0.39 is 11.6 Å². The number of carbonyl (C=O) groups excluding carboxylic acids is 2. The Morgan fingerprint density at radius 2 is 1.52 bits per heavy atom. The van der Waals surface area contributed by atoms with E-state index in [9.17, 15) is 18.4 Å². The maximum Gasteiger partial charge on any atom is 0.254 e. The summed E-state index contributed by atoms with van der Waals surface area (Å²) >= 11 is 1.61. The zero-order valence-electron chi connectivity index (χ0n) is 16.6. The molecule has 31 heavy (non-hydrogen) atoms. The van der Waals surface area contributed by atoms with E-state index in [1.54, 1.807) is 34.4 Å². The van der Waals surface area contributed by atoms with Crippen molar-refractivity contribution in [2.24, 2.45) is 0 Å². The average molecular weight is 442 g/mol. The molecular weight excluding hydrogens is 422 g/mol. The summed E-state index contributed by atoms with van der Waals surface area (Å²) in [6, 6.07) is 14.1. The number of hydrogen-bond donors (Lipinski definition) is 0. The Hall–Kier alpha value is -3.26. The molecule has 160 valence electrons. The van der Waals surface area contributed by atoms with Gasteiger partial charge in [-0.25, -0.2) is 8.78 Å². The Balaban J connectivity index is 1.35. The molecule has 0 atom stereocenters. The van der Waals surface area contributed by atoms with Crippen molar-refractivity contribution in [3.8, 4) is 5.75 Å². The van der Waals surface area contributed by atoms with Crippen LogP contribution in [0.15, 0.2) is 60.0 Å². The second kappa shape index (κ2) is 9.26. The molecule has 0 saturated carbocycles. The monoisotopic (exact) mass is 442 g/mol. The summed E-state index contributed by atoms with van der Waals surface area (Å²) in [6.07, 6.45) is 0. The van der Waals surface area contributed by atoms with E-state index in [2.05, 4.69) is 0 Å². The maximum absolute atomic E-state index is 13.4. The fourth-order valence-corrected chi connectivity index (χ4v) is 3.99. The van der Waals surface area contributed by atoms with Crippen LogP contribution >= 0.6 is 11.3 Å². The van der Waals surface area contributed by atoms with Crippen molar-refractivity contribution < 1.29 is 23.1 Å². The van der Waals surface area contributed by atoms with Gasteiger partial charge >= 0.3 is 0 Å². The van der Waals surface area contributed by atoms with Gasteiger partial charge in [-0.05, 0) is 47.8 Å². The van der Waals surface area contributed by atoms with Crippen LogP contribution in [0.4, 0.5) is 8.78 Å². The van der Waals surface area contributed by atoms with Crippen molar-refractivity contribution in [1.82, 2.24) is 9.80 Å². The van der Waals surface area contributed by atoms with Gasteiger partial charge in [0.15, 0.2) is 11.6 Å². The third-order valence-electron chi connectivity index (χ3n) is 5.06. The number of hydrogen-bond acceptors (Lipinski definition) is 4. The number of amides is 2. The van der Waals surface area contributed by atoms with Gasteiger partial charge in [-0.15, -0.1) is 11.3 Å². The molecule has 0 unspecified atom stereocenters. The predicted molar refractivity (Wildman–Crippen MR) is 113 cm³/mol. The Kier molecular flexibility index (Phi) is 6.27. The molecule has 0 bridgehead atoms. The summed E-state index contributed by atoms with van der Waals surface area (Å²) in [6.45, 7) is 1.79. The zero-order chi connectivity index (χ0) is 21.8. The van der Waals surface area contributed by atoms with E-state index in [0.717, 1.165) is 17.0 Å². The van der Waals surface area contributed by atoms with Gasteiger partial charge in [0.25, 0.3) is 11.8 Å². The van der Waals surface area contributed by atoms with Crippen LogP contribution < -0.4 is 4.74 Å². The van der Waals surface area contributed by atoms with Gasteiger partial charge in [-0.3, -0.25) is 9.59 Å². The van der Waals surface area contributed by atoms with Crippen LogP contribution in [-0.2, 0) is 6.61 Å². The number of ether oxygens (including phenoxy) is 1. The van der Waals surface area contributed by atoms with Crippen molar-refractivity contribution in [2.45, 2.75) is 6.61 Å². The molecule has 1 fully saturated rings. The van der Waals surface area contributed by atoms with Gasteiger partial charge < -0.3 is 14.5 Å². The highest BCUT2D eigenvalue weighted by molar-refractivity contribution is 7.09. The first-order valence-corrected chi connectivity index (χ1v) is 10.7. The van der Waals surface area contributed by atoms with Crippen LogP contribution in [-0.4, -0.2) is 47.8 Å². The van der Waals surface area contributed by atoms with E-state index in [1.165, 1.54) is 11.0 Å². The Bertz CT molecular complexity index is 1080. The second-order valence-corrected chi connectivity index (χ2v) is 8.14. The zero-order valence-corrected chi connectivity index (χ0v) is 17.4. The first-order chi connectivity index (χ1) is 15.0. The summed E-state index contributed by atoms with van der Waals surface area (Å²) in [5.41, 5.74) is 0.610. The van der Waals surface area contributed by atoms with Gasteiger partial charge in [-0.2, -0.15) is 0 Å². The lowest BCUT2D eigenvalue weighted by atomic mass is 10.1. The van der Waals surface area contributed by atoms with Crippen molar-refractivity contribution >= 4 is 23.2 Å². The molecule has 0 N–H and O–H groups in total.